The summed E-state index contributed by atoms with van der Waals surface area (Å²) in [6, 6.07) is 35.9. The summed E-state index contributed by atoms with van der Waals surface area (Å²) in [5.41, 5.74) is 6.44. The van der Waals surface area contributed by atoms with Crippen LogP contribution < -0.4 is 0 Å². The molecule has 6 aromatic carbocycles. The van der Waals surface area contributed by atoms with E-state index < -0.39 is 0 Å². The summed E-state index contributed by atoms with van der Waals surface area (Å²) in [4.78, 5) is 0. The van der Waals surface area contributed by atoms with Gasteiger partial charge in [0.25, 0.3) is 0 Å². The molecule has 0 fully saturated rings. The lowest BCUT2D eigenvalue weighted by atomic mass is 9.86. The Kier molecular flexibility index (Phi) is 5.78. The molecular weight excluding hydrogens is 464 g/mol. The third-order valence-corrected chi connectivity index (χ3v) is 7.21. The van der Waals surface area contributed by atoms with Crippen LogP contribution in [0.1, 0.15) is 11.1 Å². The van der Waals surface area contributed by atoms with E-state index in [1.807, 2.05) is 109 Å². The van der Waals surface area contributed by atoms with Crippen molar-refractivity contribution in [1.29, 1.82) is 0 Å². The van der Waals surface area contributed by atoms with Gasteiger partial charge in [-0.15, -0.1) is 0 Å². The third kappa shape index (κ3) is 3.84. The molecule has 0 unspecified atom stereocenters. The van der Waals surface area contributed by atoms with Gasteiger partial charge in [-0.25, -0.2) is 0 Å². The smallest absolute Gasteiger partial charge is 0.132 e. The average Bonchev–Trinajstić information content (AvgIpc) is 2.97. The van der Waals surface area contributed by atoms with E-state index in [1.54, 1.807) is 12.2 Å². The predicted octanol–water partition coefficient (Wildman–Crippen LogP) is 9.69. The fourth-order valence-electron chi connectivity index (χ4n) is 5.22. The van der Waals surface area contributed by atoms with Crippen molar-refractivity contribution in [3.63, 3.8) is 0 Å². The van der Waals surface area contributed by atoms with Crippen molar-refractivity contribution in [3.05, 3.63) is 133 Å². The van der Waals surface area contributed by atoms with Crippen molar-refractivity contribution in [2.24, 2.45) is 0 Å². The van der Waals surface area contributed by atoms with E-state index in [2.05, 4.69) is 13.2 Å². The zero-order valence-electron chi connectivity index (χ0n) is 20.9. The van der Waals surface area contributed by atoms with E-state index in [1.165, 1.54) is 0 Å². The predicted molar refractivity (Wildman–Crippen MR) is 161 cm³/mol. The van der Waals surface area contributed by atoms with Crippen LogP contribution >= 0.6 is 0 Å². The summed E-state index contributed by atoms with van der Waals surface area (Å²) in [5.74, 6) is 0.268. The Morgan fingerprint density at radius 2 is 0.842 bits per heavy atom. The van der Waals surface area contributed by atoms with Crippen molar-refractivity contribution in [2.75, 3.05) is 0 Å². The molecule has 0 saturated carbocycles. The van der Waals surface area contributed by atoms with E-state index >= 15 is 0 Å². The lowest BCUT2D eigenvalue weighted by Gasteiger charge is -2.19. The lowest BCUT2D eigenvalue weighted by Crippen LogP contribution is -1.92. The summed E-state index contributed by atoms with van der Waals surface area (Å²) in [6.07, 6.45) is 3.60. The Morgan fingerprint density at radius 1 is 0.474 bits per heavy atom. The van der Waals surface area contributed by atoms with Gasteiger partial charge in [0.1, 0.15) is 11.5 Å². The highest BCUT2D eigenvalue weighted by atomic mass is 16.3. The Bertz CT molecular complexity index is 1700. The van der Waals surface area contributed by atoms with Crippen molar-refractivity contribution in [2.45, 2.75) is 0 Å². The summed E-state index contributed by atoms with van der Waals surface area (Å²) < 4.78 is 0. The first-order valence-corrected chi connectivity index (χ1v) is 12.5. The Morgan fingerprint density at radius 3 is 1.21 bits per heavy atom. The van der Waals surface area contributed by atoms with Crippen LogP contribution in [0.2, 0.25) is 0 Å². The van der Waals surface area contributed by atoms with Crippen LogP contribution in [0.15, 0.2) is 122 Å². The van der Waals surface area contributed by atoms with Gasteiger partial charge in [-0.2, -0.15) is 0 Å². The molecule has 0 aliphatic heterocycles. The molecule has 0 aromatic heterocycles. The minimum atomic E-state index is 0.134. The summed E-state index contributed by atoms with van der Waals surface area (Å²) in [5, 5.41) is 27.5. The fourth-order valence-corrected chi connectivity index (χ4v) is 5.22. The van der Waals surface area contributed by atoms with E-state index in [0.29, 0.717) is 22.3 Å². The molecule has 182 valence electrons. The molecule has 0 heterocycles. The largest absolute Gasteiger partial charge is 0.507 e. The molecule has 6 aromatic rings. The Balaban J connectivity index is 1.71. The highest BCUT2D eigenvalue weighted by Gasteiger charge is 2.23. The van der Waals surface area contributed by atoms with E-state index in [0.717, 1.165) is 43.8 Å². The van der Waals surface area contributed by atoms with Crippen LogP contribution in [-0.4, -0.2) is 10.2 Å². The summed E-state index contributed by atoms with van der Waals surface area (Å²) in [7, 11) is 0. The van der Waals surface area contributed by atoms with Gasteiger partial charge in [-0.3, -0.25) is 0 Å². The molecule has 2 heteroatoms. The highest BCUT2D eigenvalue weighted by Crippen LogP contribution is 2.51. The first kappa shape index (κ1) is 23.3. The summed E-state index contributed by atoms with van der Waals surface area (Å²) >= 11 is 0. The van der Waals surface area contributed by atoms with Gasteiger partial charge in [-0.05, 0) is 55.9 Å². The van der Waals surface area contributed by atoms with E-state index in [4.69, 9.17) is 0 Å². The SMILES string of the molecule is C=Cc1ccc(-c2cc3ccccc3c(-c3c(O)c(-c4ccc(C=C)cc4)cc4ccccc34)c2O)cc1. The Hall–Kier alpha value is -5.08. The first-order valence-electron chi connectivity index (χ1n) is 12.5. The van der Waals surface area contributed by atoms with Crippen molar-refractivity contribution in [1.82, 2.24) is 0 Å². The topological polar surface area (TPSA) is 40.5 Å². The number of hydrogen-bond acceptors (Lipinski definition) is 2. The lowest BCUT2D eigenvalue weighted by molar-refractivity contribution is 0.472. The molecule has 2 nitrogen and oxygen atoms in total. The van der Waals surface area contributed by atoms with Crippen molar-refractivity contribution >= 4 is 33.7 Å². The molecule has 0 aliphatic carbocycles. The van der Waals surface area contributed by atoms with Gasteiger partial charge in [0.15, 0.2) is 0 Å². The normalized spacial score (nSPS) is 11.1. The van der Waals surface area contributed by atoms with Crippen LogP contribution in [0.4, 0.5) is 0 Å². The maximum absolute atomic E-state index is 11.9. The Labute approximate surface area is 222 Å². The highest BCUT2D eigenvalue weighted by molar-refractivity contribution is 6.13. The average molecular weight is 491 g/mol. The second kappa shape index (κ2) is 9.42. The number of benzene rings is 6. The molecule has 6 rings (SSSR count). The number of aromatic hydroxyl groups is 2. The monoisotopic (exact) mass is 490 g/mol. The zero-order chi connectivity index (χ0) is 26.2. The molecule has 0 radical (unpaired) electrons. The second-order valence-corrected chi connectivity index (χ2v) is 9.39. The van der Waals surface area contributed by atoms with Crippen LogP contribution in [0.5, 0.6) is 11.5 Å². The zero-order valence-corrected chi connectivity index (χ0v) is 20.9. The molecule has 0 saturated heterocycles. The quantitative estimate of drug-likeness (QED) is 0.252. The summed E-state index contributed by atoms with van der Waals surface area (Å²) in [6.45, 7) is 7.69. The number of fused-ring (bicyclic) bond motifs is 2. The first-order chi connectivity index (χ1) is 18.6. The van der Waals surface area contributed by atoms with Gasteiger partial charge in [0.05, 0.1) is 0 Å². The van der Waals surface area contributed by atoms with Crippen LogP contribution in [0.25, 0.3) is 67.1 Å². The van der Waals surface area contributed by atoms with Crippen LogP contribution in [0, 0.1) is 0 Å². The van der Waals surface area contributed by atoms with Gasteiger partial charge in [0, 0.05) is 22.3 Å². The van der Waals surface area contributed by atoms with Crippen molar-refractivity contribution < 1.29 is 10.2 Å². The number of phenolic OH excluding ortho intramolecular Hbond substituents is 2. The van der Waals surface area contributed by atoms with E-state index in [-0.39, 0.29) is 11.5 Å². The van der Waals surface area contributed by atoms with E-state index in [9.17, 15) is 10.2 Å². The molecule has 2 N–H and O–H groups in total. The number of hydrogen-bond donors (Lipinski definition) is 2. The fraction of sp³-hybridized carbons (Fsp3) is 0. The maximum Gasteiger partial charge on any atom is 0.132 e. The minimum absolute atomic E-state index is 0.134. The molecule has 0 spiro atoms. The third-order valence-electron chi connectivity index (χ3n) is 7.21. The minimum Gasteiger partial charge on any atom is -0.507 e. The molecule has 0 atom stereocenters. The molecule has 0 aliphatic rings. The van der Waals surface area contributed by atoms with Crippen LogP contribution in [0.3, 0.4) is 0 Å². The maximum atomic E-state index is 11.9. The van der Waals surface area contributed by atoms with Crippen LogP contribution in [-0.2, 0) is 0 Å². The molecule has 0 bridgehead atoms. The van der Waals surface area contributed by atoms with Crippen molar-refractivity contribution in [3.8, 4) is 44.9 Å². The standard InChI is InChI=1S/C36H26O2/c1-3-23-13-17-25(18-14-23)31-21-27-9-5-7-11-29(27)33(35(31)37)34-30-12-8-6-10-28(30)22-32(36(34)38)26-19-15-24(4-2)16-20-26/h3-22,37-38H,1-2H2. The number of rotatable bonds is 5. The molecule has 0 amide bonds. The molecular formula is C36H26O2. The van der Waals surface area contributed by atoms with Gasteiger partial charge < -0.3 is 10.2 Å². The van der Waals surface area contributed by atoms with Gasteiger partial charge in [0.2, 0.25) is 0 Å². The second-order valence-electron chi connectivity index (χ2n) is 9.39. The number of phenols is 2. The molecule has 38 heavy (non-hydrogen) atoms. The van der Waals surface area contributed by atoms with Gasteiger partial charge >= 0.3 is 0 Å². The van der Waals surface area contributed by atoms with Gasteiger partial charge in [-0.1, -0.05) is 122 Å².